The number of amides is 4. The van der Waals surface area contributed by atoms with Crippen LogP contribution in [-0.2, 0) is 54.8 Å². The molecule has 0 aromatic heterocycles. The maximum Gasteiger partial charge on any atom is 0.410 e. The highest BCUT2D eigenvalue weighted by atomic mass is 16.6. The molecule has 0 heterocycles. The largest absolute Gasteiger partial charge is 0.497 e. The number of esters is 1. The molecule has 4 rings (SSSR count). The van der Waals surface area contributed by atoms with Gasteiger partial charge in [0.1, 0.15) is 28.6 Å². The third kappa shape index (κ3) is 22.6. The standard InChI is InChI=1S/C59H82N4O11/c1-9-73-57(67)21-13-12-20-56(66)61(43-47-24-32-51(70-6)33-25-47)39-15-14-38-60(42-46-22-30-50(69-5)31-23-46)54(64)18-10-11-19-55(65)62(44-48-26-34-52(71-7)35-27-48)40-16-17-41-63(58(68)74-59(2,3)4)45-49-28-36-53(72-8)37-29-49/h22-37H,9-21,38-45H2,1-8H3. The summed E-state index contributed by atoms with van der Waals surface area (Å²) >= 11 is 0. The first-order valence-corrected chi connectivity index (χ1v) is 26.1. The van der Waals surface area contributed by atoms with Gasteiger partial charge in [-0.25, -0.2) is 4.79 Å². The van der Waals surface area contributed by atoms with Crippen molar-refractivity contribution in [3.8, 4) is 23.0 Å². The number of hydrogen-bond donors (Lipinski definition) is 0. The first-order valence-electron chi connectivity index (χ1n) is 26.1. The predicted molar refractivity (Wildman–Crippen MR) is 287 cm³/mol. The minimum absolute atomic E-state index is 0.000280. The van der Waals surface area contributed by atoms with Crippen molar-refractivity contribution in [1.29, 1.82) is 0 Å². The van der Waals surface area contributed by atoms with Gasteiger partial charge in [0.25, 0.3) is 0 Å². The van der Waals surface area contributed by atoms with E-state index in [4.69, 9.17) is 28.4 Å². The summed E-state index contributed by atoms with van der Waals surface area (Å²) in [6.07, 6.45) is 5.66. The quantitative estimate of drug-likeness (QED) is 0.0331. The van der Waals surface area contributed by atoms with Crippen LogP contribution in [-0.4, -0.2) is 116 Å². The van der Waals surface area contributed by atoms with Crippen LogP contribution < -0.4 is 18.9 Å². The first-order chi connectivity index (χ1) is 35.6. The Morgan fingerprint density at radius 3 is 0.932 bits per heavy atom. The van der Waals surface area contributed by atoms with E-state index in [1.54, 1.807) is 40.3 Å². The summed E-state index contributed by atoms with van der Waals surface area (Å²) in [6.45, 7) is 11.2. The van der Waals surface area contributed by atoms with Gasteiger partial charge in [0, 0.05) is 78.0 Å². The summed E-state index contributed by atoms with van der Waals surface area (Å²) in [5.74, 6) is 2.69. The molecule has 0 aliphatic rings. The molecule has 0 bridgehead atoms. The highest BCUT2D eigenvalue weighted by molar-refractivity contribution is 5.78. The van der Waals surface area contributed by atoms with Crippen molar-refractivity contribution in [2.24, 2.45) is 0 Å². The first kappa shape index (κ1) is 59.8. The van der Waals surface area contributed by atoms with Crippen molar-refractivity contribution in [2.45, 2.75) is 137 Å². The van der Waals surface area contributed by atoms with E-state index in [0.717, 1.165) is 45.3 Å². The Labute approximate surface area is 440 Å². The topological polar surface area (TPSA) is 154 Å². The summed E-state index contributed by atoms with van der Waals surface area (Å²) in [7, 11) is 6.47. The highest BCUT2D eigenvalue weighted by Gasteiger charge is 2.24. The maximum atomic E-state index is 14.1. The van der Waals surface area contributed by atoms with Crippen molar-refractivity contribution in [3.05, 3.63) is 119 Å². The number of ether oxygens (including phenoxy) is 6. The zero-order chi connectivity index (χ0) is 53.7. The second-order valence-corrected chi connectivity index (χ2v) is 19.4. The molecule has 15 nitrogen and oxygen atoms in total. The highest BCUT2D eigenvalue weighted by Crippen LogP contribution is 2.21. The van der Waals surface area contributed by atoms with E-state index in [1.165, 1.54) is 0 Å². The molecule has 4 aromatic carbocycles. The molecule has 0 fully saturated rings. The van der Waals surface area contributed by atoms with Gasteiger partial charge in [-0.1, -0.05) is 48.5 Å². The Hall–Kier alpha value is -6.77. The number of carbonyl (C=O) groups is 5. The molecule has 74 heavy (non-hydrogen) atoms. The Morgan fingerprint density at radius 2 is 0.662 bits per heavy atom. The van der Waals surface area contributed by atoms with E-state index < -0.39 is 11.7 Å². The van der Waals surface area contributed by atoms with Crippen molar-refractivity contribution < 1.29 is 52.4 Å². The third-order valence-corrected chi connectivity index (χ3v) is 12.4. The number of carbonyl (C=O) groups excluding carboxylic acids is 5. The number of benzene rings is 4. The molecule has 4 amide bonds. The average Bonchev–Trinajstić information content (AvgIpc) is 3.39. The van der Waals surface area contributed by atoms with Gasteiger partial charge in [0.05, 0.1) is 35.0 Å². The molecule has 0 aliphatic carbocycles. The molecular weight excluding hydrogens is 941 g/mol. The molecule has 0 aliphatic heterocycles. The van der Waals surface area contributed by atoms with Gasteiger partial charge in [0.2, 0.25) is 17.7 Å². The summed E-state index contributed by atoms with van der Waals surface area (Å²) in [5.41, 5.74) is 3.21. The van der Waals surface area contributed by atoms with Gasteiger partial charge in [-0.15, -0.1) is 0 Å². The van der Waals surface area contributed by atoms with Gasteiger partial charge in [-0.05, 0) is 150 Å². The molecular formula is C59H82N4O11. The smallest absolute Gasteiger partial charge is 0.410 e. The molecule has 15 heteroatoms. The number of rotatable bonds is 33. The molecule has 0 atom stereocenters. The third-order valence-electron chi connectivity index (χ3n) is 12.4. The van der Waals surface area contributed by atoms with Gasteiger partial charge >= 0.3 is 12.1 Å². The molecule has 0 saturated carbocycles. The number of unbranched alkanes of at least 4 members (excludes halogenated alkanes) is 4. The molecule has 404 valence electrons. The minimum atomic E-state index is -0.656. The van der Waals surface area contributed by atoms with E-state index in [-0.39, 0.29) is 43.0 Å². The van der Waals surface area contributed by atoms with Crippen LogP contribution in [0.1, 0.15) is 127 Å². The van der Waals surface area contributed by atoms with Crippen LogP contribution >= 0.6 is 0 Å². The van der Waals surface area contributed by atoms with Crippen LogP contribution in [0, 0.1) is 0 Å². The van der Waals surface area contributed by atoms with Crippen LogP contribution in [0.25, 0.3) is 0 Å². The summed E-state index contributed by atoms with van der Waals surface area (Å²) in [4.78, 5) is 74.2. The SMILES string of the molecule is CCOC(=O)CCCCC(=O)N(CCCCN(Cc1ccc(OC)cc1)C(=O)CCCCC(=O)N(CCCCN(Cc1ccc(OC)cc1)C(=O)OC(C)(C)C)Cc1ccc(OC)cc1)Cc1ccc(OC)cc1. The predicted octanol–water partition coefficient (Wildman–Crippen LogP) is 10.8. The number of hydrogen-bond acceptors (Lipinski definition) is 11. The lowest BCUT2D eigenvalue weighted by atomic mass is 10.1. The van der Waals surface area contributed by atoms with Gasteiger partial charge in [-0.3, -0.25) is 19.2 Å². The van der Waals surface area contributed by atoms with E-state index in [0.29, 0.717) is 117 Å². The van der Waals surface area contributed by atoms with Crippen molar-refractivity contribution in [3.63, 3.8) is 0 Å². The Bertz CT molecular complexity index is 2280. The lowest BCUT2D eigenvalue weighted by molar-refractivity contribution is -0.143. The second-order valence-electron chi connectivity index (χ2n) is 19.4. The molecule has 0 N–H and O–H groups in total. The van der Waals surface area contributed by atoms with E-state index in [2.05, 4.69) is 0 Å². The Balaban J connectivity index is 1.37. The van der Waals surface area contributed by atoms with Crippen molar-refractivity contribution in [2.75, 3.05) is 61.2 Å². The monoisotopic (exact) mass is 1020 g/mol. The average molecular weight is 1020 g/mol. The number of nitrogens with zero attached hydrogens (tertiary/aromatic N) is 4. The van der Waals surface area contributed by atoms with Crippen LogP contribution in [0.4, 0.5) is 4.79 Å². The van der Waals surface area contributed by atoms with E-state index in [1.807, 2.05) is 133 Å². The van der Waals surface area contributed by atoms with E-state index in [9.17, 15) is 24.0 Å². The molecule has 4 aromatic rings. The van der Waals surface area contributed by atoms with Gasteiger partial charge in [-0.2, -0.15) is 0 Å². The minimum Gasteiger partial charge on any atom is -0.497 e. The van der Waals surface area contributed by atoms with Crippen LogP contribution in [0.3, 0.4) is 0 Å². The molecule has 0 unspecified atom stereocenters. The lowest BCUT2D eigenvalue weighted by Crippen LogP contribution is -2.37. The van der Waals surface area contributed by atoms with Crippen LogP contribution in [0.15, 0.2) is 97.1 Å². The number of methoxy groups -OCH3 is 4. The van der Waals surface area contributed by atoms with E-state index >= 15 is 0 Å². The summed E-state index contributed by atoms with van der Waals surface area (Å²) in [6, 6.07) is 30.7. The van der Waals surface area contributed by atoms with Gasteiger partial charge < -0.3 is 48.0 Å². The summed E-state index contributed by atoms with van der Waals surface area (Å²) in [5, 5.41) is 0. The fourth-order valence-corrected chi connectivity index (χ4v) is 8.26. The molecule has 0 radical (unpaired) electrons. The van der Waals surface area contributed by atoms with Crippen LogP contribution in [0.2, 0.25) is 0 Å². The maximum absolute atomic E-state index is 14.1. The van der Waals surface area contributed by atoms with Crippen LogP contribution in [0.5, 0.6) is 23.0 Å². The zero-order valence-corrected chi connectivity index (χ0v) is 45.4. The zero-order valence-electron chi connectivity index (χ0n) is 45.4. The molecule has 0 spiro atoms. The van der Waals surface area contributed by atoms with Gasteiger partial charge in [0.15, 0.2) is 0 Å². The normalized spacial score (nSPS) is 11.0. The second kappa shape index (κ2) is 32.4. The fraction of sp³-hybridized carbons (Fsp3) is 0.508. The Kier molecular flexibility index (Phi) is 26.2. The Morgan fingerprint density at radius 1 is 0.392 bits per heavy atom. The fourth-order valence-electron chi connectivity index (χ4n) is 8.26. The van der Waals surface area contributed by atoms with Crippen molar-refractivity contribution >= 4 is 29.8 Å². The molecule has 0 saturated heterocycles. The lowest BCUT2D eigenvalue weighted by Gasteiger charge is -2.28. The van der Waals surface area contributed by atoms with Crippen molar-refractivity contribution in [1.82, 2.24) is 19.6 Å². The summed E-state index contributed by atoms with van der Waals surface area (Å²) < 4.78 is 32.2.